The molecule has 0 aromatic rings. The maximum Gasteiger partial charge on any atom is 0.472 e. The van der Waals surface area contributed by atoms with Gasteiger partial charge in [-0.2, -0.15) is 0 Å². The van der Waals surface area contributed by atoms with E-state index in [2.05, 4.69) is 55.4 Å². The third-order valence-corrected chi connectivity index (χ3v) is 18.8. The van der Waals surface area contributed by atoms with Crippen molar-refractivity contribution in [3.05, 3.63) is 0 Å². The minimum Gasteiger partial charge on any atom is -0.462 e. The molecule has 17 nitrogen and oxygen atoms in total. The number of hydrogen-bond donors (Lipinski definition) is 3. The van der Waals surface area contributed by atoms with Gasteiger partial charge in [0.05, 0.1) is 26.4 Å². The van der Waals surface area contributed by atoms with Crippen LogP contribution in [-0.4, -0.2) is 96.7 Å². The summed E-state index contributed by atoms with van der Waals surface area (Å²) in [5.74, 6) is 0.813. The van der Waals surface area contributed by atoms with E-state index in [0.29, 0.717) is 31.6 Å². The zero-order chi connectivity index (χ0) is 67.5. The minimum absolute atomic E-state index is 0.101. The van der Waals surface area contributed by atoms with Crippen LogP contribution in [0.5, 0.6) is 0 Å². The Morgan fingerprint density at radius 2 is 0.527 bits per heavy atom. The summed E-state index contributed by atoms with van der Waals surface area (Å²) in [7, 11) is -9.90. The third kappa shape index (κ3) is 65.1. The van der Waals surface area contributed by atoms with Crippen LogP contribution in [0.2, 0.25) is 0 Å². The molecular formula is C72H140O17P2. The monoisotopic (exact) mass is 1340 g/mol. The lowest BCUT2D eigenvalue weighted by Gasteiger charge is -2.21. The highest BCUT2D eigenvalue weighted by Crippen LogP contribution is 2.45. The third-order valence-electron chi connectivity index (χ3n) is 16.9. The van der Waals surface area contributed by atoms with Crippen LogP contribution < -0.4 is 0 Å². The Balaban J connectivity index is 5.16. The first-order valence-corrected chi connectivity index (χ1v) is 40.2. The van der Waals surface area contributed by atoms with Gasteiger partial charge in [-0.05, 0) is 49.4 Å². The summed E-state index contributed by atoms with van der Waals surface area (Å²) < 4.78 is 68.2. The molecule has 91 heavy (non-hydrogen) atoms. The van der Waals surface area contributed by atoms with Crippen molar-refractivity contribution < 1.29 is 80.2 Å². The first kappa shape index (κ1) is 89.1. The van der Waals surface area contributed by atoms with E-state index in [1.165, 1.54) is 154 Å². The van der Waals surface area contributed by atoms with Gasteiger partial charge in [0, 0.05) is 25.7 Å². The zero-order valence-corrected chi connectivity index (χ0v) is 61.3. The number of carbonyl (C=O) groups is 4. The minimum atomic E-state index is -4.95. The van der Waals surface area contributed by atoms with Gasteiger partial charge in [0.1, 0.15) is 19.3 Å². The Morgan fingerprint density at radius 1 is 0.308 bits per heavy atom. The highest BCUT2D eigenvalue weighted by atomic mass is 31.2. The van der Waals surface area contributed by atoms with Crippen molar-refractivity contribution in [2.24, 2.45) is 23.7 Å². The summed E-state index contributed by atoms with van der Waals surface area (Å²) in [6.07, 6.45) is 44.9. The Morgan fingerprint density at radius 3 is 0.780 bits per heavy atom. The van der Waals surface area contributed by atoms with Gasteiger partial charge in [0.2, 0.25) is 0 Å². The van der Waals surface area contributed by atoms with Crippen LogP contribution in [0, 0.1) is 23.7 Å². The van der Waals surface area contributed by atoms with Crippen molar-refractivity contribution >= 4 is 39.5 Å². The number of phosphoric acid groups is 2. The maximum absolute atomic E-state index is 13.0. The number of aliphatic hydroxyl groups is 1. The molecule has 0 fully saturated rings. The number of esters is 4. The number of hydrogen-bond acceptors (Lipinski definition) is 15. The maximum atomic E-state index is 13.0. The van der Waals surface area contributed by atoms with Crippen molar-refractivity contribution in [2.45, 2.75) is 375 Å². The SMILES string of the molecule is CCC(C)CCCCCCCCC(=O)OC[C@H](COP(=O)(O)OC[C@H](O)COP(=O)(O)OC[C@@H](COC(=O)CCCCCCCCCCC(C)C)OC(=O)CCCCCCCCCCCCCCCCCCCCC(C)C)OC(=O)CCCCCCCCC(C)C. The molecule has 0 heterocycles. The second kappa shape index (κ2) is 61.6. The van der Waals surface area contributed by atoms with Gasteiger partial charge in [0.15, 0.2) is 12.2 Å². The smallest absolute Gasteiger partial charge is 0.462 e. The molecule has 540 valence electrons. The molecule has 3 N–H and O–H groups in total. The number of ether oxygens (including phenoxy) is 4. The molecule has 0 bridgehead atoms. The average molecular weight is 1340 g/mol. The van der Waals surface area contributed by atoms with Gasteiger partial charge < -0.3 is 33.8 Å². The molecule has 3 unspecified atom stereocenters. The second-order valence-corrected chi connectivity index (χ2v) is 30.6. The highest BCUT2D eigenvalue weighted by molar-refractivity contribution is 7.47. The van der Waals surface area contributed by atoms with Gasteiger partial charge in [0.25, 0.3) is 0 Å². The van der Waals surface area contributed by atoms with E-state index in [9.17, 15) is 43.2 Å². The van der Waals surface area contributed by atoms with E-state index in [1.54, 1.807) is 0 Å². The van der Waals surface area contributed by atoms with E-state index in [0.717, 1.165) is 114 Å². The summed E-state index contributed by atoms with van der Waals surface area (Å²) in [4.78, 5) is 72.5. The standard InChI is InChI=1S/C72H140O17P2/c1-9-65(8)51-43-35-29-31-37-45-53-70(75)83-59-68(89-72(77)55-47-39-30-28-34-42-50-64(6)7)61-87-91(80,81)85-57-66(73)56-84-90(78,79)86-60-67(58-82-69(74)52-44-36-26-23-22-25-33-41-49-63(4)5)88-71(76)54-46-38-27-21-19-17-15-13-11-10-12-14-16-18-20-24-32-40-48-62(2)3/h62-68,73H,9-61H2,1-8H3,(H,78,79)(H,80,81)/t65?,66-,67-,68-/m1/s1. The highest BCUT2D eigenvalue weighted by Gasteiger charge is 2.30. The van der Waals surface area contributed by atoms with Crippen molar-refractivity contribution in [1.82, 2.24) is 0 Å². The molecule has 0 aliphatic heterocycles. The summed E-state index contributed by atoms with van der Waals surface area (Å²) >= 11 is 0. The molecule has 0 aromatic carbocycles. The van der Waals surface area contributed by atoms with Crippen LogP contribution >= 0.6 is 15.6 Å². The topological polar surface area (TPSA) is 237 Å². The first-order valence-electron chi connectivity index (χ1n) is 37.2. The summed E-state index contributed by atoms with van der Waals surface area (Å²) in [5, 5.41) is 10.6. The fourth-order valence-corrected chi connectivity index (χ4v) is 12.4. The van der Waals surface area contributed by atoms with E-state index in [4.69, 9.17) is 37.0 Å². The quantitative estimate of drug-likeness (QED) is 0.0222. The Kier molecular flexibility index (Phi) is 60.3. The molecule has 0 aliphatic carbocycles. The number of rotatable bonds is 69. The molecule has 0 saturated carbocycles. The molecular weight excluding hydrogens is 1200 g/mol. The van der Waals surface area contributed by atoms with E-state index >= 15 is 0 Å². The van der Waals surface area contributed by atoms with Crippen LogP contribution in [0.4, 0.5) is 0 Å². The predicted octanol–water partition coefficient (Wildman–Crippen LogP) is 20.5. The lowest BCUT2D eigenvalue weighted by atomic mass is 10.00. The van der Waals surface area contributed by atoms with E-state index in [1.807, 2.05) is 0 Å². The largest absolute Gasteiger partial charge is 0.472 e. The number of aliphatic hydroxyl groups excluding tert-OH is 1. The van der Waals surface area contributed by atoms with Crippen LogP contribution in [0.15, 0.2) is 0 Å². The fraction of sp³-hybridized carbons (Fsp3) is 0.944. The average Bonchev–Trinajstić information content (AvgIpc) is 3.63. The molecule has 0 aromatic heterocycles. The van der Waals surface area contributed by atoms with Crippen LogP contribution in [-0.2, 0) is 65.4 Å². The van der Waals surface area contributed by atoms with Crippen molar-refractivity contribution in [1.29, 1.82) is 0 Å². The number of carbonyl (C=O) groups excluding carboxylic acids is 4. The molecule has 0 spiro atoms. The van der Waals surface area contributed by atoms with Gasteiger partial charge in [-0.3, -0.25) is 37.3 Å². The Bertz CT molecular complexity index is 1800. The van der Waals surface area contributed by atoms with Gasteiger partial charge in [-0.1, -0.05) is 306 Å². The van der Waals surface area contributed by atoms with Crippen molar-refractivity contribution in [3.8, 4) is 0 Å². The number of phosphoric ester groups is 2. The molecule has 6 atom stereocenters. The summed E-state index contributed by atoms with van der Waals surface area (Å²) in [6, 6.07) is 0. The van der Waals surface area contributed by atoms with E-state index in [-0.39, 0.29) is 25.7 Å². The van der Waals surface area contributed by atoms with Gasteiger partial charge in [-0.25, -0.2) is 9.13 Å². The van der Waals surface area contributed by atoms with Gasteiger partial charge >= 0.3 is 39.5 Å². The van der Waals surface area contributed by atoms with Crippen LogP contribution in [0.25, 0.3) is 0 Å². The Labute approximate surface area is 556 Å². The molecule has 0 radical (unpaired) electrons. The fourth-order valence-electron chi connectivity index (χ4n) is 10.8. The van der Waals surface area contributed by atoms with Crippen molar-refractivity contribution in [2.75, 3.05) is 39.6 Å². The van der Waals surface area contributed by atoms with Gasteiger partial charge in [-0.15, -0.1) is 0 Å². The molecule has 19 heteroatoms. The zero-order valence-electron chi connectivity index (χ0n) is 59.5. The molecule has 0 saturated heterocycles. The first-order chi connectivity index (χ1) is 43.6. The van der Waals surface area contributed by atoms with Crippen molar-refractivity contribution in [3.63, 3.8) is 0 Å². The second-order valence-electron chi connectivity index (χ2n) is 27.6. The Hall–Kier alpha value is -1.94. The number of unbranched alkanes of at least 4 members (excludes halogenated alkanes) is 34. The summed E-state index contributed by atoms with van der Waals surface area (Å²) in [6.45, 7) is 14.0. The summed E-state index contributed by atoms with van der Waals surface area (Å²) in [5.41, 5.74) is 0. The van der Waals surface area contributed by atoms with E-state index < -0.39 is 97.5 Å². The van der Waals surface area contributed by atoms with Crippen LogP contribution in [0.3, 0.4) is 0 Å². The normalized spacial score (nSPS) is 14.5. The molecule has 0 amide bonds. The predicted molar refractivity (Wildman–Crippen MR) is 367 cm³/mol. The molecule has 0 aliphatic rings. The lowest BCUT2D eigenvalue weighted by Crippen LogP contribution is -2.30. The lowest BCUT2D eigenvalue weighted by molar-refractivity contribution is -0.161. The molecule has 0 rings (SSSR count). The van der Waals surface area contributed by atoms with Crippen LogP contribution in [0.1, 0.15) is 357 Å².